The molecule has 3 rings (SSSR count). The van der Waals surface area contributed by atoms with Crippen LogP contribution in [0.3, 0.4) is 0 Å². The van der Waals surface area contributed by atoms with Gasteiger partial charge in [0, 0.05) is 33.2 Å². The lowest BCUT2D eigenvalue weighted by atomic mass is 10.2. The predicted octanol–water partition coefficient (Wildman–Crippen LogP) is 1.71. The van der Waals surface area contributed by atoms with E-state index in [1.54, 1.807) is 7.05 Å². The summed E-state index contributed by atoms with van der Waals surface area (Å²) >= 11 is 0. The Labute approximate surface area is 160 Å². The minimum Gasteiger partial charge on any atom is -0.464 e. The summed E-state index contributed by atoms with van der Waals surface area (Å²) in [6.45, 7) is 3.22. The molecular weight excluding hydrogens is 366 g/mol. The van der Waals surface area contributed by atoms with Crippen LogP contribution in [0.15, 0.2) is 47.5 Å². The molecule has 0 aliphatic carbocycles. The average Bonchev–Trinajstić information content (AvgIpc) is 2.90. The van der Waals surface area contributed by atoms with Crippen molar-refractivity contribution in [2.45, 2.75) is 18.0 Å². The summed E-state index contributed by atoms with van der Waals surface area (Å²) in [6.07, 6.45) is 0.764. The summed E-state index contributed by atoms with van der Waals surface area (Å²) in [5, 5.41) is 0.111. The van der Waals surface area contributed by atoms with E-state index >= 15 is 0 Å². The van der Waals surface area contributed by atoms with Crippen molar-refractivity contribution in [3.63, 3.8) is 0 Å². The predicted molar refractivity (Wildman–Crippen MR) is 102 cm³/mol. The van der Waals surface area contributed by atoms with Gasteiger partial charge in [0.1, 0.15) is 5.69 Å². The Morgan fingerprint density at radius 3 is 2.48 bits per heavy atom. The van der Waals surface area contributed by atoms with Crippen molar-refractivity contribution in [3.05, 3.63) is 53.7 Å². The van der Waals surface area contributed by atoms with Crippen LogP contribution in [0.2, 0.25) is 0 Å². The van der Waals surface area contributed by atoms with Crippen LogP contribution < -0.4 is 0 Å². The first-order valence-corrected chi connectivity index (χ1v) is 10.4. The highest BCUT2D eigenvalue weighted by Gasteiger charge is 2.30. The van der Waals surface area contributed by atoms with Gasteiger partial charge in [0.05, 0.1) is 7.11 Å². The van der Waals surface area contributed by atoms with Gasteiger partial charge in [-0.2, -0.15) is 4.31 Å². The van der Waals surface area contributed by atoms with Gasteiger partial charge in [0.2, 0.25) is 0 Å². The van der Waals surface area contributed by atoms with Gasteiger partial charge in [-0.3, -0.25) is 4.90 Å². The standard InChI is InChI=1S/C19H25N3O4S/c1-20-17(19(23)26-2)9-10-18(20)27(24,25)22-12-6-11-21(13-14-22)15-16-7-4-3-5-8-16/h3-5,7-10H,6,11-15H2,1-2H3. The van der Waals surface area contributed by atoms with Crippen LogP contribution in [-0.2, 0) is 28.4 Å². The largest absolute Gasteiger partial charge is 0.464 e. The van der Waals surface area contributed by atoms with Crippen LogP contribution in [0, 0.1) is 0 Å². The van der Waals surface area contributed by atoms with E-state index in [1.807, 2.05) is 18.2 Å². The fourth-order valence-corrected chi connectivity index (χ4v) is 5.02. The molecule has 0 atom stereocenters. The number of nitrogens with zero attached hydrogens (tertiary/aromatic N) is 3. The van der Waals surface area contributed by atoms with E-state index < -0.39 is 16.0 Å². The molecule has 7 nitrogen and oxygen atoms in total. The molecule has 1 fully saturated rings. The molecule has 1 saturated heterocycles. The van der Waals surface area contributed by atoms with Crippen LogP contribution in [0.1, 0.15) is 22.5 Å². The monoisotopic (exact) mass is 391 g/mol. The normalized spacial score (nSPS) is 16.8. The number of carbonyl (C=O) groups is 1. The van der Waals surface area contributed by atoms with Gasteiger partial charge in [-0.15, -0.1) is 0 Å². The number of hydrogen-bond acceptors (Lipinski definition) is 5. The summed E-state index contributed by atoms with van der Waals surface area (Å²) in [5.74, 6) is -0.552. The molecule has 2 heterocycles. The summed E-state index contributed by atoms with van der Waals surface area (Å²) in [6, 6.07) is 13.1. The Bertz CT molecular complexity index is 893. The molecule has 2 aromatic rings. The van der Waals surface area contributed by atoms with Crippen LogP contribution in [0.5, 0.6) is 0 Å². The second-order valence-corrected chi connectivity index (χ2v) is 8.51. The number of sulfonamides is 1. The van der Waals surface area contributed by atoms with E-state index in [1.165, 1.54) is 33.7 Å². The second-order valence-electron chi connectivity index (χ2n) is 6.63. The number of carbonyl (C=O) groups excluding carboxylic acids is 1. The van der Waals surface area contributed by atoms with Gasteiger partial charge in [-0.05, 0) is 30.7 Å². The zero-order valence-corrected chi connectivity index (χ0v) is 16.5. The molecule has 8 heteroatoms. The third-order valence-corrected chi connectivity index (χ3v) is 6.85. The molecule has 0 bridgehead atoms. The molecular formula is C19H25N3O4S. The number of hydrogen-bond donors (Lipinski definition) is 0. The third-order valence-electron chi connectivity index (χ3n) is 4.87. The average molecular weight is 391 g/mol. The van der Waals surface area contributed by atoms with Crippen molar-refractivity contribution in [2.24, 2.45) is 7.05 Å². The van der Waals surface area contributed by atoms with Crippen molar-refractivity contribution >= 4 is 16.0 Å². The molecule has 1 aromatic heterocycles. The van der Waals surface area contributed by atoms with Crippen molar-refractivity contribution in [2.75, 3.05) is 33.3 Å². The minimum atomic E-state index is -3.67. The number of benzene rings is 1. The summed E-state index contributed by atoms with van der Waals surface area (Å²) < 4.78 is 33.8. The smallest absolute Gasteiger partial charge is 0.354 e. The third kappa shape index (κ3) is 4.23. The van der Waals surface area contributed by atoms with Crippen LogP contribution in [0.4, 0.5) is 0 Å². The molecule has 0 saturated carbocycles. The van der Waals surface area contributed by atoms with Gasteiger partial charge in [0.15, 0.2) is 5.03 Å². The van der Waals surface area contributed by atoms with Gasteiger partial charge >= 0.3 is 5.97 Å². The van der Waals surface area contributed by atoms with Gasteiger partial charge < -0.3 is 9.30 Å². The molecule has 0 N–H and O–H groups in total. The zero-order chi connectivity index (χ0) is 19.4. The molecule has 146 valence electrons. The lowest BCUT2D eigenvalue weighted by molar-refractivity contribution is 0.0589. The van der Waals surface area contributed by atoms with Crippen LogP contribution in [0.25, 0.3) is 0 Å². The van der Waals surface area contributed by atoms with E-state index in [0.29, 0.717) is 19.6 Å². The number of rotatable bonds is 5. The topological polar surface area (TPSA) is 71.8 Å². The maximum atomic E-state index is 13.1. The summed E-state index contributed by atoms with van der Waals surface area (Å²) in [4.78, 5) is 14.0. The van der Waals surface area contributed by atoms with E-state index in [2.05, 4.69) is 17.0 Å². The Hall–Kier alpha value is -2.16. The molecule has 1 aromatic carbocycles. The molecule has 0 spiro atoms. The molecule has 0 unspecified atom stereocenters. The van der Waals surface area contributed by atoms with Gasteiger partial charge in [-0.25, -0.2) is 13.2 Å². The molecule has 1 aliphatic heterocycles. The second kappa shape index (κ2) is 8.24. The number of methoxy groups -OCH3 is 1. The first kappa shape index (κ1) is 19.6. The minimum absolute atomic E-state index is 0.111. The number of esters is 1. The SMILES string of the molecule is COC(=O)c1ccc(S(=O)(=O)N2CCCN(Cc3ccccc3)CC2)n1C. The molecule has 1 aliphatic rings. The molecule has 0 radical (unpaired) electrons. The van der Waals surface area contributed by atoms with Gasteiger partial charge in [-0.1, -0.05) is 30.3 Å². The van der Waals surface area contributed by atoms with Crippen LogP contribution in [-0.4, -0.2) is 61.4 Å². The lowest BCUT2D eigenvalue weighted by Crippen LogP contribution is -2.36. The number of ether oxygens (including phenoxy) is 1. The van der Waals surface area contributed by atoms with Crippen molar-refractivity contribution < 1.29 is 17.9 Å². The van der Waals surface area contributed by atoms with E-state index in [4.69, 9.17) is 4.74 Å². The van der Waals surface area contributed by atoms with E-state index in [-0.39, 0.29) is 10.7 Å². The Kier molecular flexibility index (Phi) is 5.98. The zero-order valence-electron chi connectivity index (χ0n) is 15.7. The van der Waals surface area contributed by atoms with E-state index in [9.17, 15) is 13.2 Å². The highest BCUT2D eigenvalue weighted by Crippen LogP contribution is 2.21. The number of aromatic nitrogens is 1. The summed E-state index contributed by atoms with van der Waals surface area (Å²) in [7, 11) is -0.826. The maximum absolute atomic E-state index is 13.1. The Balaban J connectivity index is 1.73. The summed E-state index contributed by atoms with van der Waals surface area (Å²) in [5.41, 5.74) is 1.44. The first-order chi connectivity index (χ1) is 12.9. The molecule has 0 amide bonds. The van der Waals surface area contributed by atoms with Crippen molar-refractivity contribution in [1.82, 2.24) is 13.8 Å². The Morgan fingerprint density at radius 1 is 1.04 bits per heavy atom. The lowest BCUT2D eigenvalue weighted by Gasteiger charge is -2.22. The van der Waals surface area contributed by atoms with Gasteiger partial charge in [0.25, 0.3) is 10.0 Å². The van der Waals surface area contributed by atoms with Crippen LogP contribution >= 0.6 is 0 Å². The highest BCUT2D eigenvalue weighted by molar-refractivity contribution is 7.89. The molecule has 27 heavy (non-hydrogen) atoms. The first-order valence-electron chi connectivity index (χ1n) is 8.94. The van der Waals surface area contributed by atoms with E-state index in [0.717, 1.165) is 19.5 Å². The quantitative estimate of drug-likeness (QED) is 0.726. The van der Waals surface area contributed by atoms with Crippen molar-refractivity contribution in [3.8, 4) is 0 Å². The Morgan fingerprint density at radius 2 is 1.78 bits per heavy atom. The van der Waals surface area contributed by atoms with Crippen molar-refractivity contribution in [1.29, 1.82) is 0 Å². The fraction of sp³-hybridized carbons (Fsp3) is 0.421. The highest BCUT2D eigenvalue weighted by atomic mass is 32.2. The maximum Gasteiger partial charge on any atom is 0.354 e. The fourth-order valence-electron chi connectivity index (χ4n) is 3.38.